The van der Waals surface area contributed by atoms with Crippen LogP contribution in [-0.2, 0) is 0 Å². The van der Waals surface area contributed by atoms with Gasteiger partial charge in [-0.15, -0.1) is 12.4 Å². The highest BCUT2D eigenvalue weighted by molar-refractivity contribution is 6.06. The van der Waals surface area contributed by atoms with Gasteiger partial charge in [-0.3, -0.25) is 4.79 Å². The summed E-state index contributed by atoms with van der Waals surface area (Å²) in [6.45, 7) is 1.83. The van der Waals surface area contributed by atoms with Crippen LogP contribution in [0.5, 0.6) is 5.75 Å². The number of hydrogen-bond donors (Lipinski definition) is 3. The maximum absolute atomic E-state index is 12.9. The minimum absolute atomic E-state index is 0. The van der Waals surface area contributed by atoms with E-state index in [1.165, 1.54) is 6.33 Å². The van der Waals surface area contributed by atoms with Gasteiger partial charge in [0.2, 0.25) is 0 Å². The molecule has 3 heterocycles. The number of nitrogen functional groups attached to an aromatic ring is 1. The first-order valence-corrected chi connectivity index (χ1v) is 10.9. The summed E-state index contributed by atoms with van der Waals surface area (Å²) < 4.78 is 7.18. The third-order valence-corrected chi connectivity index (χ3v) is 5.86. The molecule has 1 fully saturated rings. The molecule has 0 saturated carbocycles. The van der Waals surface area contributed by atoms with Crippen molar-refractivity contribution in [2.75, 3.05) is 31.2 Å². The zero-order chi connectivity index (χ0) is 22.8. The van der Waals surface area contributed by atoms with E-state index in [1.807, 2.05) is 41.1 Å². The zero-order valence-electron chi connectivity index (χ0n) is 18.7. The van der Waals surface area contributed by atoms with E-state index in [0.717, 1.165) is 31.5 Å². The van der Waals surface area contributed by atoms with Gasteiger partial charge in [-0.05, 0) is 43.7 Å². The third-order valence-electron chi connectivity index (χ3n) is 5.86. The molecule has 5 rings (SSSR count). The maximum atomic E-state index is 12.9. The highest BCUT2D eigenvalue weighted by Crippen LogP contribution is 2.33. The Kier molecular flexibility index (Phi) is 6.95. The number of halogens is 1. The molecular formula is C24H26ClN7O2. The molecule has 176 valence electrons. The molecule has 1 amide bonds. The summed E-state index contributed by atoms with van der Waals surface area (Å²) in [5, 5.41) is 11.9. The zero-order valence-corrected chi connectivity index (χ0v) is 19.5. The summed E-state index contributed by atoms with van der Waals surface area (Å²) in [7, 11) is 1.59. The van der Waals surface area contributed by atoms with Crippen molar-refractivity contribution in [3.05, 3.63) is 60.4 Å². The molecule has 2 aromatic carbocycles. The normalized spacial score (nSPS) is 15.5. The number of amides is 1. The van der Waals surface area contributed by atoms with Gasteiger partial charge in [0.15, 0.2) is 5.65 Å². The number of methoxy groups -OCH3 is 1. The van der Waals surface area contributed by atoms with Gasteiger partial charge in [0.25, 0.3) is 5.91 Å². The van der Waals surface area contributed by atoms with Crippen LogP contribution in [0, 0.1) is 0 Å². The van der Waals surface area contributed by atoms with Gasteiger partial charge in [-0.1, -0.05) is 18.2 Å². The van der Waals surface area contributed by atoms with Crippen LogP contribution in [0.15, 0.2) is 54.9 Å². The van der Waals surface area contributed by atoms with E-state index in [-0.39, 0.29) is 24.4 Å². The molecule has 34 heavy (non-hydrogen) atoms. The smallest absolute Gasteiger partial charge is 0.255 e. The topological polar surface area (TPSA) is 120 Å². The minimum Gasteiger partial charge on any atom is -0.497 e. The van der Waals surface area contributed by atoms with E-state index >= 15 is 0 Å². The van der Waals surface area contributed by atoms with E-state index in [9.17, 15) is 4.79 Å². The number of nitrogens with zero attached hydrogens (tertiary/aromatic N) is 4. The van der Waals surface area contributed by atoms with E-state index < -0.39 is 0 Å². The summed E-state index contributed by atoms with van der Waals surface area (Å²) >= 11 is 0. The van der Waals surface area contributed by atoms with E-state index in [4.69, 9.17) is 15.6 Å². The highest BCUT2D eigenvalue weighted by atomic mass is 35.5. The van der Waals surface area contributed by atoms with Crippen molar-refractivity contribution in [3.63, 3.8) is 0 Å². The second kappa shape index (κ2) is 10.1. The number of hydrogen-bond acceptors (Lipinski definition) is 7. The molecular weight excluding hydrogens is 454 g/mol. The van der Waals surface area contributed by atoms with Gasteiger partial charge in [0.05, 0.1) is 18.5 Å². The molecule has 1 atom stereocenters. The second-order valence-electron chi connectivity index (χ2n) is 8.02. The number of aromatic nitrogens is 4. The summed E-state index contributed by atoms with van der Waals surface area (Å²) in [6.07, 6.45) is 3.55. The van der Waals surface area contributed by atoms with Crippen molar-refractivity contribution in [3.8, 4) is 17.0 Å². The quantitative estimate of drug-likeness (QED) is 0.399. The van der Waals surface area contributed by atoms with E-state index in [1.54, 1.807) is 19.2 Å². The van der Waals surface area contributed by atoms with Gasteiger partial charge >= 0.3 is 0 Å². The molecule has 0 unspecified atom stereocenters. The van der Waals surface area contributed by atoms with Crippen molar-refractivity contribution in [2.24, 2.45) is 0 Å². The average Bonchev–Trinajstić information content (AvgIpc) is 3.26. The summed E-state index contributed by atoms with van der Waals surface area (Å²) in [5.41, 5.74) is 9.57. The summed E-state index contributed by atoms with van der Waals surface area (Å²) in [4.78, 5) is 21.6. The van der Waals surface area contributed by atoms with Crippen molar-refractivity contribution in [2.45, 2.75) is 18.9 Å². The van der Waals surface area contributed by atoms with Crippen LogP contribution in [-0.4, -0.2) is 45.9 Å². The van der Waals surface area contributed by atoms with Crippen LogP contribution in [0.4, 0.5) is 11.5 Å². The van der Waals surface area contributed by atoms with Crippen LogP contribution < -0.4 is 21.1 Å². The van der Waals surface area contributed by atoms with Gasteiger partial charge in [0, 0.05) is 29.4 Å². The fraction of sp³-hybridized carbons (Fsp3) is 0.250. The van der Waals surface area contributed by atoms with Gasteiger partial charge in [0.1, 0.15) is 23.6 Å². The third kappa shape index (κ3) is 4.52. The molecule has 10 heteroatoms. The molecule has 0 spiro atoms. The predicted octanol–water partition coefficient (Wildman–Crippen LogP) is 3.68. The fourth-order valence-electron chi connectivity index (χ4n) is 4.21. The molecule has 9 nitrogen and oxygen atoms in total. The molecule has 4 N–H and O–H groups in total. The molecule has 0 aliphatic carbocycles. The first-order chi connectivity index (χ1) is 16.1. The molecule has 1 aliphatic rings. The van der Waals surface area contributed by atoms with Crippen LogP contribution in [0.25, 0.3) is 22.3 Å². The van der Waals surface area contributed by atoms with Gasteiger partial charge in [-0.2, -0.15) is 5.10 Å². The van der Waals surface area contributed by atoms with Crippen molar-refractivity contribution >= 4 is 40.9 Å². The number of benzene rings is 2. The first kappa shape index (κ1) is 23.5. The number of nitrogens with one attached hydrogen (secondary N) is 2. The number of nitrogens with two attached hydrogens (primary N) is 1. The number of rotatable bonds is 5. The lowest BCUT2D eigenvalue weighted by molar-refractivity contribution is 0.102. The maximum Gasteiger partial charge on any atom is 0.255 e. The lowest BCUT2D eigenvalue weighted by Crippen LogP contribution is -2.32. The molecule has 0 radical (unpaired) electrons. The van der Waals surface area contributed by atoms with Crippen molar-refractivity contribution < 1.29 is 9.53 Å². The van der Waals surface area contributed by atoms with E-state index in [2.05, 4.69) is 20.6 Å². The van der Waals surface area contributed by atoms with Gasteiger partial charge < -0.3 is 21.1 Å². The second-order valence-corrected chi connectivity index (χ2v) is 8.02. The Morgan fingerprint density at radius 1 is 1.21 bits per heavy atom. The Labute approximate surface area is 203 Å². The highest BCUT2D eigenvalue weighted by Gasteiger charge is 2.24. The Hall–Kier alpha value is -3.69. The number of anilines is 2. The minimum atomic E-state index is -0.227. The number of carbonyl (C=O) groups excluding carboxylic acids is 1. The largest absolute Gasteiger partial charge is 0.497 e. The molecule has 4 aromatic rings. The van der Waals surface area contributed by atoms with E-state index in [0.29, 0.717) is 39.5 Å². The summed E-state index contributed by atoms with van der Waals surface area (Å²) in [6, 6.07) is 14.8. The number of carbonyl (C=O) groups is 1. The summed E-state index contributed by atoms with van der Waals surface area (Å²) in [5.74, 6) is 0.817. The van der Waals surface area contributed by atoms with Crippen LogP contribution >= 0.6 is 12.4 Å². The molecule has 2 aromatic heterocycles. The number of ether oxygens (including phenoxy) is 1. The fourth-order valence-corrected chi connectivity index (χ4v) is 4.21. The van der Waals surface area contributed by atoms with Crippen LogP contribution in [0.2, 0.25) is 0 Å². The predicted molar refractivity (Wildman–Crippen MR) is 135 cm³/mol. The van der Waals surface area contributed by atoms with Gasteiger partial charge in [-0.25, -0.2) is 14.6 Å². The number of fused-ring (bicyclic) bond motifs is 1. The molecule has 1 aliphatic heterocycles. The lowest BCUT2D eigenvalue weighted by Gasteiger charge is -2.23. The van der Waals surface area contributed by atoms with Crippen molar-refractivity contribution in [1.82, 2.24) is 25.1 Å². The Bertz CT molecular complexity index is 1320. The Morgan fingerprint density at radius 3 is 2.85 bits per heavy atom. The molecule has 0 bridgehead atoms. The standard InChI is InChI=1S/C24H25N7O2.ClH/c1-33-19-9-3-7-17(12-19)29-24(32)16-6-2-5-15(11-16)21-20-22(25)27-14-28-23(20)31(30-21)18-8-4-10-26-13-18;/h2-3,5-7,9,11-12,14,18,26H,4,8,10,13H2,1H3,(H,29,32)(H2,25,27,28);1H/t18-;/m1./s1. The van der Waals surface area contributed by atoms with Crippen LogP contribution in [0.1, 0.15) is 29.2 Å². The Balaban J connectivity index is 0.00000274. The lowest BCUT2D eigenvalue weighted by atomic mass is 10.1. The monoisotopic (exact) mass is 479 g/mol. The van der Waals surface area contributed by atoms with Crippen LogP contribution in [0.3, 0.4) is 0 Å². The average molecular weight is 480 g/mol. The van der Waals surface area contributed by atoms with Crippen molar-refractivity contribution in [1.29, 1.82) is 0 Å². The number of piperidine rings is 1. The molecule has 1 saturated heterocycles. The first-order valence-electron chi connectivity index (χ1n) is 10.9. The SMILES string of the molecule is COc1cccc(NC(=O)c2cccc(-c3nn([C@@H]4CCCNC4)c4ncnc(N)c34)c2)c1.Cl. The Morgan fingerprint density at radius 2 is 2.06 bits per heavy atom.